The number of anilines is 1. The summed E-state index contributed by atoms with van der Waals surface area (Å²) in [5.74, 6) is -0.553. The molecule has 1 atom stereocenters. The van der Waals surface area contributed by atoms with Crippen molar-refractivity contribution >= 4 is 17.5 Å². The number of ketones is 1. The van der Waals surface area contributed by atoms with E-state index in [-0.39, 0.29) is 12.3 Å². The Morgan fingerprint density at radius 3 is 2.61 bits per heavy atom. The molecule has 3 N–H and O–H groups in total. The van der Waals surface area contributed by atoms with Crippen LogP contribution in [0.3, 0.4) is 0 Å². The van der Waals surface area contributed by atoms with Gasteiger partial charge in [-0.1, -0.05) is 24.3 Å². The van der Waals surface area contributed by atoms with Crippen molar-refractivity contribution in [3.05, 3.63) is 65.5 Å². The van der Waals surface area contributed by atoms with Crippen molar-refractivity contribution in [1.82, 2.24) is 5.32 Å². The number of carbonyl (C=O) groups excluding carboxylic acids is 2. The number of rotatable bonds is 5. The lowest BCUT2D eigenvalue weighted by Crippen LogP contribution is -2.32. The number of carbonyl (C=O) groups is 2. The van der Waals surface area contributed by atoms with Crippen LogP contribution in [0.25, 0.3) is 0 Å². The molecule has 0 fully saturated rings. The highest BCUT2D eigenvalue weighted by molar-refractivity contribution is 5.96. The van der Waals surface area contributed by atoms with Gasteiger partial charge < -0.3 is 15.7 Å². The van der Waals surface area contributed by atoms with E-state index < -0.39 is 18.0 Å². The molecule has 0 bridgehead atoms. The molecule has 2 rings (SSSR count). The molecule has 0 heterocycles. The predicted octanol–water partition coefficient (Wildman–Crippen LogP) is 2.88. The highest BCUT2D eigenvalue weighted by Crippen LogP contribution is 2.14. The lowest BCUT2D eigenvalue weighted by Gasteiger charge is -2.13. The summed E-state index contributed by atoms with van der Waals surface area (Å²) in [5, 5.41) is 15.0. The molecule has 0 saturated carbocycles. The average Bonchev–Trinajstić information content (AvgIpc) is 2.53. The first-order chi connectivity index (χ1) is 11.0. The van der Waals surface area contributed by atoms with Gasteiger partial charge in [-0.05, 0) is 36.8 Å². The second-order valence-electron chi connectivity index (χ2n) is 5.04. The molecule has 2 aromatic carbocycles. The second kappa shape index (κ2) is 7.51. The second-order valence-corrected chi connectivity index (χ2v) is 5.04. The van der Waals surface area contributed by atoms with E-state index in [9.17, 15) is 19.1 Å². The third kappa shape index (κ3) is 4.89. The van der Waals surface area contributed by atoms with Crippen LogP contribution in [-0.2, 0) is 0 Å². The molecular formula is C17H17FN2O3. The lowest BCUT2D eigenvalue weighted by molar-refractivity contribution is 0.101. The van der Waals surface area contributed by atoms with Gasteiger partial charge in [0.05, 0.1) is 6.10 Å². The predicted molar refractivity (Wildman–Crippen MR) is 84.8 cm³/mol. The molecule has 0 aliphatic heterocycles. The van der Waals surface area contributed by atoms with Crippen LogP contribution in [0.4, 0.5) is 14.9 Å². The van der Waals surface area contributed by atoms with Crippen molar-refractivity contribution in [3.8, 4) is 0 Å². The van der Waals surface area contributed by atoms with Crippen LogP contribution in [0.5, 0.6) is 0 Å². The van der Waals surface area contributed by atoms with Crippen LogP contribution in [0.1, 0.15) is 28.9 Å². The summed E-state index contributed by atoms with van der Waals surface area (Å²) in [6, 6.07) is 11.5. The summed E-state index contributed by atoms with van der Waals surface area (Å²) in [6.45, 7) is 1.37. The first kappa shape index (κ1) is 16.6. The topological polar surface area (TPSA) is 78.4 Å². The van der Waals surface area contributed by atoms with E-state index in [1.54, 1.807) is 30.3 Å². The monoisotopic (exact) mass is 316 g/mol. The lowest BCUT2D eigenvalue weighted by atomic mass is 10.1. The summed E-state index contributed by atoms with van der Waals surface area (Å²) in [5.41, 5.74) is 1.34. The van der Waals surface area contributed by atoms with Gasteiger partial charge in [-0.3, -0.25) is 4.79 Å². The van der Waals surface area contributed by atoms with Gasteiger partial charge in [0.25, 0.3) is 0 Å². The van der Waals surface area contributed by atoms with Gasteiger partial charge in [0.15, 0.2) is 5.78 Å². The van der Waals surface area contributed by atoms with E-state index in [0.717, 1.165) is 0 Å². The van der Waals surface area contributed by atoms with Gasteiger partial charge in [0.2, 0.25) is 0 Å². The number of Topliss-reactive ketones (excluding diaryl/α,β-unsaturated/α-hetero) is 1. The number of urea groups is 1. The Morgan fingerprint density at radius 1 is 1.17 bits per heavy atom. The zero-order chi connectivity index (χ0) is 16.8. The molecule has 120 valence electrons. The fourth-order valence-electron chi connectivity index (χ4n) is 2.01. The maximum atomic E-state index is 13.1. The molecule has 0 spiro atoms. The van der Waals surface area contributed by atoms with Crippen LogP contribution >= 0.6 is 0 Å². The van der Waals surface area contributed by atoms with E-state index in [4.69, 9.17) is 0 Å². The normalized spacial score (nSPS) is 11.6. The van der Waals surface area contributed by atoms with Crippen molar-refractivity contribution in [1.29, 1.82) is 0 Å². The highest BCUT2D eigenvalue weighted by Gasteiger charge is 2.10. The fourth-order valence-corrected chi connectivity index (χ4v) is 2.01. The summed E-state index contributed by atoms with van der Waals surface area (Å²) in [6.07, 6.45) is -1.01. The van der Waals surface area contributed by atoms with Crippen molar-refractivity contribution in [2.75, 3.05) is 11.9 Å². The zero-order valence-electron chi connectivity index (χ0n) is 12.5. The first-order valence-electron chi connectivity index (χ1n) is 7.05. The number of aliphatic hydroxyl groups is 1. The molecule has 0 radical (unpaired) electrons. The van der Waals surface area contributed by atoms with Crippen LogP contribution in [0, 0.1) is 5.82 Å². The van der Waals surface area contributed by atoms with Crippen molar-refractivity contribution in [3.63, 3.8) is 0 Å². The first-order valence-corrected chi connectivity index (χ1v) is 7.05. The van der Waals surface area contributed by atoms with Gasteiger partial charge in [0, 0.05) is 17.8 Å². The molecule has 2 aromatic rings. The van der Waals surface area contributed by atoms with Crippen molar-refractivity contribution < 1.29 is 19.1 Å². The minimum Gasteiger partial charge on any atom is -0.387 e. The molecule has 2 amide bonds. The number of hydrogen-bond acceptors (Lipinski definition) is 3. The Balaban J connectivity index is 1.90. The van der Waals surface area contributed by atoms with E-state index in [0.29, 0.717) is 16.8 Å². The highest BCUT2D eigenvalue weighted by atomic mass is 19.1. The van der Waals surface area contributed by atoms with E-state index >= 15 is 0 Å². The smallest absolute Gasteiger partial charge is 0.319 e. The van der Waals surface area contributed by atoms with E-state index in [1.165, 1.54) is 25.1 Å². The number of aliphatic hydroxyl groups excluding tert-OH is 1. The minimum absolute atomic E-state index is 0.0678. The third-order valence-electron chi connectivity index (χ3n) is 3.22. The molecule has 1 unspecified atom stereocenters. The van der Waals surface area contributed by atoms with Crippen LogP contribution < -0.4 is 10.6 Å². The Kier molecular flexibility index (Phi) is 5.43. The Morgan fingerprint density at radius 2 is 1.91 bits per heavy atom. The van der Waals surface area contributed by atoms with Gasteiger partial charge >= 0.3 is 6.03 Å². The molecule has 23 heavy (non-hydrogen) atoms. The van der Waals surface area contributed by atoms with E-state index in [2.05, 4.69) is 10.6 Å². The molecule has 5 nitrogen and oxygen atoms in total. The van der Waals surface area contributed by atoms with Crippen LogP contribution in [0.15, 0.2) is 48.5 Å². The van der Waals surface area contributed by atoms with E-state index in [1.807, 2.05) is 0 Å². The van der Waals surface area contributed by atoms with Crippen LogP contribution in [0.2, 0.25) is 0 Å². The standard InChI is InChI=1S/C17H17FN2O3/c1-11(21)12-4-3-7-15(9-12)20-17(23)19-10-16(22)13-5-2-6-14(18)8-13/h2-9,16,22H,10H2,1H3,(H2,19,20,23). The Bertz CT molecular complexity index is 718. The maximum absolute atomic E-state index is 13.1. The van der Waals surface area contributed by atoms with Gasteiger partial charge in [-0.15, -0.1) is 0 Å². The third-order valence-corrected chi connectivity index (χ3v) is 3.22. The molecule has 0 aliphatic carbocycles. The SMILES string of the molecule is CC(=O)c1cccc(NC(=O)NCC(O)c2cccc(F)c2)c1. The van der Waals surface area contributed by atoms with Gasteiger partial charge in [-0.25, -0.2) is 9.18 Å². The quantitative estimate of drug-likeness (QED) is 0.742. The number of amides is 2. The Labute approximate surface area is 133 Å². The maximum Gasteiger partial charge on any atom is 0.319 e. The fraction of sp³-hybridized carbons (Fsp3) is 0.176. The van der Waals surface area contributed by atoms with Crippen molar-refractivity contribution in [2.24, 2.45) is 0 Å². The molecular weight excluding hydrogens is 299 g/mol. The summed E-state index contributed by atoms with van der Waals surface area (Å²) in [7, 11) is 0. The van der Waals surface area contributed by atoms with Gasteiger partial charge in [0.1, 0.15) is 5.82 Å². The number of nitrogens with one attached hydrogen (secondary N) is 2. The minimum atomic E-state index is -1.01. The molecule has 0 saturated heterocycles. The zero-order valence-corrected chi connectivity index (χ0v) is 12.5. The number of hydrogen-bond donors (Lipinski definition) is 3. The summed E-state index contributed by atoms with van der Waals surface area (Å²) >= 11 is 0. The van der Waals surface area contributed by atoms with Crippen LogP contribution in [-0.4, -0.2) is 23.5 Å². The van der Waals surface area contributed by atoms with Gasteiger partial charge in [-0.2, -0.15) is 0 Å². The van der Waals surface area contributed by atoms with Crippen molar-refractivity contribution in [2.45, 2.75) is 13.0 Å². The molecule has 0 aliphatic rings. The molecule has 6 heteroatoms. The Hall–Kier alpha value is -2.73. The number of halogens is 1. The number of benzene rings is 2. The summed E-state index contributed by atoms with van der Waals surface area (Å²) < 4.78 is 13.1. The summed E-state index contributed by atoms with van der Waals surface area (Å²) in [4.78, 5) is 23.1. The average molecular weight is 316 g/mol. The largest absolute Gasteiger partial charge is 0.387 e. The molecule has 0 aromatic heterocycles.